The summed E-state index contributed by atoms with van der Waals surface area (Å²) < 4.78 is 228. The summed E-state index contributed by atoms with van der Waals surface area (Å²) in [7, 11) is -16.4. The third kappa shape index (κ3) is 25.7. The van der Waals surface area contributed by atoms with Gasteiger partial charge in [0.1, 0.15) is 5.92 Å². The lowest BCUT2D eigenvalue weighted by atomic mass is 9.89. The molecule has 0 aliphatic carbocycles. The first-order valence-electron chi connectivity index (χ1n) is 20.4. The third-order valence-corrected chi connectivity index (χ3v) is 33.9. The number of alkyl halides is 14. The van der Waals surface area contributed by atoms with Crippen molar-refractivity contribution in [2.24, 2.45) is 28.9 Å². The van der Waals surface area contributed by atoms with Gasteiger partial charge in [-0.15, -0.1) is 0 Å². The second-order valence-corrected chi connectivity index (χ2v) is 43.0. The normalized spacial score (nSPS) is 14.9. The topological polar surface area (TPSA) is 141 Å². The Morgan fingerprint density at radius 2 is 0.698 bits per heavy atom. The largest absolute Gasteiger partial charge is 0.436 e. The molecule has 0 saturated heterocycles. The van der Waals surface area contributed by atoms with Gasteiger partial charge in [0, 0.05) is 15.6 Å². The molecule has 384 valence electrons. The molecule has 0 saturated carbocycles. The Hall–Kier alpha value is -0.139. The van der Waals surface area contributed by atoms with E-state index in [0.717, 1.165) is 24.9 Å². The Balaban J connectivity index is -0.00000119. The molecule has 0 fully saturated rings. The van der Waals surface area contributed by atoms with E-state index in [-0.39, 0.29) is 19.1 Å². The lowest BCUT2D eigenvalue weighted by Gasteiger charge is -2.42. The van der Waals surface area contributed by atoms with Crippen LogP contribution in [0.25, 0.3) is 0 Å². The molecule has 1 unspecified atom stereocenters. The molecule has 0 aromatic rings. The van der Waals surface area contributed by atoms with E-state index in [2.05, 4.69) is 0 Å². The summed E-state index contributed by atoms with van der Waals surface area (Å²) in [5, 5.41) is 0. The molecule has 0 heterocycles. The highest BCUT2D eigenvalue weighted by Gasteiger charge is 2.80. The molecule has 8 N–H and O–H groups in total. The van der Waals surface area contributed by atoms with Crippen LogP contribution in [0.15, 0.2) is 0 Å². The van der Waals surface area contributed by atoms with E-state index in [1.165, 1.54) is 6.55 Å². The maximum Gasteiger partial charge on any atom is 0.397 e. The van der Waals surface area contributed by atoms with E-state index >= 15 is 0 Å². The zero-order chi connectivity index (χ0) is 50.8. The quantitative estimate of drug-likeness (QED) is 0.0429. The van der Waals surface area contributed by atoms with Crippen molar-refractivity contribution in [1.82, 2.24) is 0 Å². The SMILES string of the molecule is C[Si](C)(CCCN)O[Si](C)(CCC(C(F)(F)F)C(F)(F)C(F)(F)C(F)(F)C(F)F)O[Si](C)(C)CCCN.C[Si](C)(CCCN)O[Si](C)(CCC(F)(F)F)O[Si](C)(C)CCCN.FF. The molecule has 0 aromatic heterocycles. The van der Waals surface area contributed by atoms with Gasteiger partial charge in [0.15, 0.2) is 33.3 Å². The number of hydrogen-bond acceptors (Lipinski definition) is 8. The smallest absolute Gasteiger partial charge is 0.397 e. The van der Waals surface area contributed by atoms with E-state index in [9.17, 15) is 61.5 Å². The van der Waals surface area contributed by atoms with Gasteiger partial charge in [-0.2, -0.15) is 52.7 Å². The van der Waals surface area contributed by atoms with Gasteiger partial charge in [0.2, 0.25) is 0 Å². The first kappa shape index (κ1) is 67.1. The van der Waals surface area contributed by atoms with Gasteiger partial charge >= 0.3 is 53.7 Å². The molecule has 8 nitrogen and oxygen atoms in total. The van der Waals surface area contributed by atoms with E-state index in [0.29, 0.717) is 38.0 Å². The molecule has 0 rings (SSSR count). The number of halogens is 16. The first-order valence-corrected chi connectivity index (χ1v) is 37.9. The van der Waals surface area contributed by atoms with Crippen LogP contribution in [0.3, 0.4) is 0 Å². The van der Waals surface area contributed by atoms with Crippen molar-refractivity contribution in [2.45, 2.75) is 177 Å². The summed E-state index contributed by atoms with van der Waals surface area (Å²) in [5.74, 6) is -24.6. The average molecular weight is 1060 g/mol. The predicted octanol–water partition coefficient (Wildman–Crippen LogP) is 11.9. The summed E-state index contributed by atoms with van der Waals surface area (Å²) in [5.41, 5.74) is 22.1. The molecular formula is C33H72F16N4O4Si6. The molecule has 0 bridgehead atoms. The lowest BCUT2D eigenvalue weighted by Crippen LogP contribution is -2.63. The average Bonchev–Trinajstić information content (AvgIpc) is 3.09. The van der Waals surface area contributed by atoms with Crippen LogP contribution in [-0.4, -0.2) is 113 Å². The van der Waals surface area contributed by atoms with E-state index in [4.69, 9.17) is 48.5 Å². The molecule has 0 spiro atoms. The van der Waals surface area contributed by atoms with Crippen LogP contribution in [-0.2, 0) is 16.5 Å². The second kappa shape index (κ2) is 27.2. The van der Waals surface area contributed by atoms with Crippen LogP contribution in [0.2, 0.25) is 102 Å². The van der Waals surface area contributed by atoms with Crippen molar-refractivity contribution in [3.05, 3.63) is 0 Å². The minimum Gasteiger partial charge on any atom is -0.436 e. The fourth-order valence-corrected chi connectivity index (χ4v) is 35.6. The Bertz CT molecular complexity index is 1220. The molecule has 0 aliphatic heterocycles. The van der Waals surface area contributed by atoms with E-state index in [1.807, 2.05) is 26.2 Å². The van der Waals surface area contributed by atoms with Crippen LogP contribution >= 0.6 is 0 Å². The summed E-state index contributed by atoms with van der Waals surface area (Å²) >= 11 is 0. The van der Waals surface area contributed by atoms with Crippen LogP contribution in [0.4, 0.5) is 70.6 Å². The third-order valence-electron chi connectivity index (χ3n) is 9.59. The van der Waals surface area contributed by atoms with Gasteiger partial charge in [0.05, 0.1) is 0 Å². The van der Waals surface area contributed by atoms with Crippen molar-refractivity contribution >= 4 is 50.4 Å². The van der Waals surface area contributed by atoms with Gasteiger partial charge in [-0.3, -0.25) is 0 Å². The number of rotatable bonds is 29. The lowest BCUT2D eigenvalue weighted by molar-refractivity contribution is -0.374. The maximum absolute atomic E-state index is 14.4. The summed E-state index contributed by atoms with van der Waals surface area (Å²) in [6, 6.07) is 1.57. The molecule has 0 radical (unpaired) electrons. The van der Waals surface area contributed by atoms with Crippen LogP contribution in [0.5, 0.6) is 0 Å². The van der Waals surface area contributed by atoms with Gasteiger partial charge in [-0.05, 0) is 160 Å². The molecule has 0 aromatic carbocycles. The van der Waals surface area contributed by atoms with Crippen molar-refractivity contribution in [3.63, 3.8) is 0 Å². The van der Waals surface area contributed by atoms with Crippen LogP contribution in [0, 0.1) is 5.92 Å². The predicted molar refractivity (Wildman–Crippen MR) is 229 cm³/mol. The Morgan fingerprint density at radius 3 is 0.921 bits per heavy atom. The van der Waals surface area contributed by atoms with Crippen LogP contribution in [0.1, 0.15) is 38.5 Å². The summed E-state index contributed by atoms with van der Waals surface area (Å²) in [6.45, 7) is 19.7. The van der Waals surface area contributed by atoms with E-state index in [1.54, 1.807) is 32.7 Å². The summed E-state index contributed by atoms with van der Waals surface area (Å²) in [4.78, 5) is 0. The summed E-state index contributed by atoms with van der Waals surface area (Å²) in [6.07, 6.45) is -15.7. The van der Waals surface area contributed by atoms with Crippen molar-refractivity contribution in [3.8, 4) is 0 Å². The highest BCUT2D eigenvalue weighted by molar-refractivity contribution is 6.89. The Labute approximate surface area is 368 Å². The number of hydrogen-bond donors (Lipinski definition) is 4. The van der Waals surface area contributed by atoms with Gasteiger partial charge < -0.3 is 39.4 Å². The Morgan fingerprint density at radius 1 is 0.429 bits per heavy atom. The first-order chi connectivity index (χ1) is 28.1. The molecule has 63 heavy (non-hydrogen) atoms. The zero-order valence-corrected chi connectivity index (χ0v) is 44.0. The van der Waals surface area contributed by atoms with Gasteiger partial charge in [-0.1, -0.05) is 0 Å². The standard InChI is InChI=1S/C19H37F11N2O2Si3.C14H35F3N2O2Si3.F2/c1-35(2,11-6-9-31)33-37(5,34-36(3,4)12-7-10-32)13-8-14(18(26,27)28)16(22,23)19(29,30)17(24,25)15(20)21;1-22(2,11-6-9-18)20-24(5,13-8-14(15,16)17)21-23(3,4)12-7-10-19;1-2/h14-15H,6-13,31-32H2,1-5H3;6-13,18-19H2,1-5H3;. The van der Waals surface area contributed by atoms with Crippen LogP contribution < -0.4 is 22.9 Å². The maximum atomic E-state index is 14.4. The molecule has 30 heteroatoms. The minimum atomic E-state index is -6.99. The van der Waals surface area contributed by atoms with Crippen molar-refractivity contribution in [1.29, 1.82) is 0 Å². The fourth-order valence-electron chi connectivity index (χ4n) is 6.80. The Kier molecular flexibility index (Phi) is 28.9. The molecule has 1 atom stereocenters. The number of nitrogens with two attached hydrogens (primary N) is 4. The van der Waals surface area contributed by atoms with E-state index < -0.39 is 112 Å². The van der Waals surface area contributed by atoms with Gasteiger partial charge in [0.25, 0.3) is 0 Å². The molecular weight excluding hydrogens is 989 g/mol. The fraction of sp³-hybridized carbons (Fsp3) is 1.00. The second-order valence-electron chi connectivity index (χ2n) is 18.2. The highest BCUT2D eigenvalue weighted by Crippen LogP contribution is 2.56. The monoisotopic (exact) mass is 1060 g/mol. The highest BCUT2D eigenvalue weighted by atomic mass is 28.5. The van der Waals surface area contributed by atoms with Gasteiger partial charge in [-0.25, -0.2) is 8.78 Å². The van der Waals surface area contributed by atoms with Crippen molar-refractivity contribution < 1.29 is 87.1 Å². The zero-order valence-electron chi connectivity index (χ0n) is 38.0. The molecule has 0 amide bonds. The molecule has 0 aliphatic rings. The van der Waals surface area contributed by atoms with Crippen molar-refractivity contribution in [2.75, 3.05) is 26.2 Å². The minimum absolute atomic E-state index is 0.0470.